The molecule has 1 aromatic heterocycles. The summed E-state index contributed by atoms with van der Waals surface area (Å²) in [7, 11) is 0. The van der Waals surface area contributed by atoms with Gasteiger partial charge in [0.25, 0.3) is 5.91 Å². The minimum atomic E-state index is -0.759. The van der Waals surface area contributed by atoms with E-state index in [0.29, 0.717) is 17.1 Å². The zero-order chi connectivity index (χ0) is 18.0. The van der Waals surface area contributed by atoms with E-state index in [0.717, 1.165) is 18.9 Å². The van der Waals surface area contributed by atoms with Crippen molar-refractivity contribution in [2.45, 2.75) is 19.8 Å². The van der Waals surface area contributed by atoms with Crippen molar-refractivity contribution in [3.8, 4) is 6.07 Å². The van der Waals surface area contributed by atoms with E-state index < -0.39 is 11.7 Å². The van der Waals surface area contributed by atoms with Crippen molar-refractivity contribution in [1.29, 1.82) is 5.26 Å². The van der Waals surface area contributed by atoms with Crippen molar-refractivity contribution < 1.29 is 14.0 Å². The Balaban J connectivity index is 1.77. The fourth-order valence-electron chi connectivity index (χ4n) is 2.44. The van der Waals surface area contributed by atoms with Gasteiger partial charge >= 0.3 is 0 Å². The van der Waals surface area contributed by atoms with Gasteiger partial charge in [-0.3, -0.25) is 9.59 Å². The Bertz CT molecular complexity index is 877. The topological polar surface area (TPSA) is 94.9 Å². The highest BCUT2D eigenvalue weighted by Gasteiger charge is 2.29. The summed E-state index contributed by atoms with van der Waals surface area (Å²) in [6.07, 6.45) is 3.19. The van der Waals surface area contributed by atoms with E-state index in [-0.39, 0.29) is 23.0 Å². The molecule has 6 nitrogen and oxygen atoms in total. The first kappa shape index (κ1) is 16.6. The van der Waals surface area contributed by atoms with Crippen LogP contribution in [0.15, 0.2) is 30.5 Å². The van der Waals surface area contributed by atoms with Gasteiger partial charge in [0.1, 0.15) is 11.6 Å². The zero-order valence-electron chi connectivity index (χ0n) is 13.5. The summed E-state index contributed by atoms with van der Waals surface area (Å²) >= 11 is 0. The number of rotatable bonds is 4. The van der Waals surface area contributed by atoms with Crippen molar-refractivity contribution >= 4 is 23.3 Å². The second-order valence-corrected chi connectivity index (χ2v) is 5.91. The number of anilines is 2. The monoisotopic (exact) mass is 338 g/mol. The number of carbonyl (C=O) groups excluding carboxylic acids is 2. The molecule has 0 unspecified atom stereocenters. The van der Waals surface area contributed by atoms with E-state index in [1.165, 1.54) is 18.3 Å². The number of amides is 2. The number of pyridine rings is 1. The van der Waals surface area contributed by atoms with Crippen LogP contribution >= 0.6 is 0 Å². The molecular weight excluding hydrogens is 323 g/mol. The minimum Gasteiger partial charge on any atom is -0.322 e. The Morgan fingerprint density at radius 2 is 2.04 bits per heavy atom. The van der Waals surface area contributed by atoms with Gasteiger partial charge in [0, 0.05) is 23.9 Å². The summed E-state index contributed by atoms with van der Waals surface area (Å²) in [6, 6.07) is 7.37. The molecule has 1 fully saturated rings. The third-order valence-corrected chi connectivity index (χ3v) is 3.86. The molecule has 2 N–H and O–H groups in total. The predicted molar refractivity (Wildman–Crippen MR) is 89.4 cm³/mol. The maximum absolute atomic E-state index is 14.1. The third kappa shape index (κ3) is 3.80. The Hall–Kier alpha value is -3.27. The van der Waals surface area contributed by atoms with Crippen molar-refractivity contribution in [2.24, 2.45) is 5.92 Å². The number of nitrogens with zero attached hydrogens (tertiary/aromatic N) is 2. The second kappa shape index (κ2) is 6.69. The van der Waals surface area contributed by atoms with Crippen LogP contribution in [0.2, 0.25) is 0 Å². The highest BCUT2D eigenvalue weighted by molar-refractivity contribution is 6.06. The molecule has 1 saturated carbocycles. The normalized spacial score (nSPS) is 13.0. The van der Waals surface area contributed by atoms with Gasteiger partial charge in [-0.05, 0) is 43.5 Å². The maximum atomic E-state index is 14.1. The average molecular weight is 338 g/mol. The first-order valence-electron chi connectivity index (χ1n) is 7.76. The fraction of sp³-hybridized carbons (Fsp3) is 0.222. The van der Waals surface area contributed by atoms with Crippen molar-refractivity contribution in [3.63, 3.8) is 0 Å². The van der Waals surface area contributed by atoms with Crippen LogP contribution < -0.4 is 10.6 Å². The van der Waals surface area contributed by atoms with E-state index >= 15 is 0 Å². The molecular formula is C18H15FN4O2. The molecule has 3 rings (SSSR count). The number of nitrogens with one attached hydrogen (secondary N) is 2. The van der Waals surface area contributed by atoms with Gasteiger partial charge in [-0.25, -0.2) is 9.37 Å². The number of benzene rings is 1. The van der Waals surface area contributed by atoms with Gasteiger partial charge in [-0.15, -0.1) is 0 Å². The van der Waals surface area contributed by atoms with Gasteiger partial charge in [-0.2, -0.15) is 5.26 Å². The molecule has 1 heterocycles. The molecule has 1 aliphatic rings. The zero-order valence-corrected chi connectivity index (χ0v) is 13.5. The van der Waals surface area contributed by atoms with Crippen LogP contribution in [0.1, 0.15) is 34.3 Å². The molecule has 1 aromatic carbocycles. The summed E-state index contributed by atoms with van der Waals surface area (Å²) in [5.41, 5.74) is 0.777. The molecule has 0 saturated heterocycles. The number of carbonyl (C=O) groups is 2. The molecule has 0 aliphatic heterocycles. The molecule has 126 valence electrons. The molecule has 0 bridgehead atoms. The molecule has 7 heteroatoms. The lowest BCUT2D eigenvalue weighted by molar-refractivity contribution is -0.117. The minimum absolute atomic E-state index is 0.0374. The average Bonchev–Trinajstić information content (AvgIpc) is 3.39. The quantitative estimate of drug-likeness (QED) is 0.896. The summed E-state index contributed by atoms with van der Waals surface area (Å²) in [4.78, 5) is 28.2. The number of hydrogen-bond donors (Lipinski definition) is 2. The van der Waals surface area contributed by atoms with E-state index in [2.05, 4.69) is 15.6 Å². The largest absolute Gasteiger partial charge is 0.322 e. The van der Waals surface area contributed by atoms with Crippen molar-refractivity contribution in [1.82, 2.24) is 4.98 Å². The molecule has 2 aromatic rings. The van der Waals surface area contributed by atoms with Crippen LogP contribution in [-0.4, -0.2) is 16.8 Å². The molecule has 25 heavy (non-hydrogen) atoms. The fourth-order valence-corrected chi connectivity index (χ4v) is 2.44. The molecule has 0 atom stereocenters. The standard InChI is InChI=1S/C18H15FN4O2/c1-10-6-11(9-20)7-14(19)16(10)18(25)22-13-4-5-21-15(8-13)23-17(24)12-2-3-12/h4-8,12H,2-3H2,1H3,(H2,21,22,23,24,25). The molecule has 0 spiro atoms. The van der Waals surface area contributed by atoms with Crippen molar-refractivity contribution in [3.05, 3.63) is 53.0 Å². The highest BCUT2D eigenvalue weighted by atomic mass is 19.1. The first-order valence-corrected chi connectivity index (χ1v) is 7.76. The second-order valence-electron chi connectivity index (χ2n) is 5.91. The number of halogens is 1. The Morgan fingerprint density at radius 1 is 1.28 bits per heavy atom. The lowest BCUT2D eigenvalue weighted by atomic mass is 10.0. The third-order valence-electron chi connectivity index (χ3n) is 3.86. The van der Waals surface area contributed by atoms with Gasteiger partial charge in [0.2, 0.25) is 5.91 Å². The summed E-state index contributed by atoms with van der Waals surface area (Å²) < 4.78 is 14.1. The van der Waals surface area contributed by atoms with Gasteiger partial charge < -0.3 is 10.6 Å². The molecule has 2 amide bonds. The van der Waals surface area contributed by atoms with Gasteiger partial charge in [-0.1, -0.05) is 0 Å². The van der Waals surface area contributed by atoms with Crippen LogP contribution in [-0.2, 0) is 4.79 Å². The predicted octanol–water partition coefficient (Wildman–Crippen LogP) is 3.00. The molecule has 0 radical (unpaired) electrons. The maximum Gasteiger partial charge on any atom is 0.258 e. The Labute approximate surface area is 143 Å². The summed E-state index contributed by atoms with van der Waals surface area (Å²) in [5.74, 6) is -1.12. The van der Waals surface area contributed by atoms with E-state index in [1.807, 2.05) is 6.07 Å². The lowest BCUT2D eigenvalue weighted by Crippen LogP contribution is -2.17. The highest BCUT2D eigenvalue weighted by Crippen LogP contribution is 2.30. The number of nitriles is 1. The number of aryl methyl sites for hydroxylation is 1. The Kier molecular flexibility index (Phi) is 4.44. The first-order chi connectivity index (χ1) is 12.0. The van der Waals surface area contributed by atoms with Gasteiger partial charge in [0.05, 0.1) is 17.2 Å². The lowest BCUT2D eigenvalue weighted by Gasteiger charge is -2.10. The number of hydrogen-bond acceptors (Lipinski definition) is 4. The number of aromatic nitrogens is 1. The SMILES string of the molecule is Cc1cc(C#N)cc(F)c1C(=O)Nc1ccnc(NC(=O)C2CC2)c1. The van der Waals surface area contributed by atoms with E-state index in [1.54, 1.807) is 13.0 Å². The van der Waals surface area contributed by atoms with Crippen LogP contribution in [0.3, 0.4) is 0 Å². The Morgan fingerprint density at radius 3 is 2.68 bits per heavy atom. The molecule has 1 aliphatic carbocycles. The van der Waals surface area contributed by atoms with E-state index in [9.17, 15) is 14.0 Å². The smallest absolute Gasteiger partial charge is 0.258 e. The van der Waals surface area contributed by atoms with Crippen LogP contribution in [0.25, 0.3) is 0 Å². The van der Waals surface area contributed by atoms with Crippen LogP contribution in [0, 0.1) is 30.0 Å². The summed E-state index contributed by atoms with van der Waals surface area (Å²) in [5, 5.41) is 14.1. The summed E-state index contributed by atoms with van der Waals surface area (Å²) in [6.45, 7) is 1.56. The van der Waals surface area contributed by atoms with E-state index in [4.69, 9.17) is 5.26 Å². The van der Waals surface area contributed by atoms with Crippen LogP contribution in [0.4, 0.5) is 15.9 Å². The van der Waals surface area contributed by atoms with Gasteiger partial charge in [0.15, 0.2) is 0 Å². The van der Waals surface area contributed by atoms with Crippen LogP contribution in [0.5, 0.6) is 0 Å². The van der Waals surface area contributed by atoms with Crippen molar-refractivity contribution in [2.75, 3.05) is 10.6 Å².